The molecule has 0 amide bonds. The van der Waals surface area contributed by atoms with Gasteiger partial charge in [-0.25, -0.2) is 0 Å². The van der Waals surface area contributed by atoms with Crippen molar-refractivity contribution in [1.82, 2.24) is 0 Å². The van der Waals surface area contributed by atoms with Gasteiger partial charge in [0.2, 0.25) is 0 Å². The van der Waals surface area contributed by atoms with Crippen LogP contribution in [0.2, 0.25) is 0 Å². The summed E-state index contributed by atoms with van der Waals surface area (Å²) < 4.78 is 42.8. The van der Waals surface area contributed by atoms with Crippen molar-refractivity contribution < 1.29 is 27.5 Å². The first-order valence-electron chi connectivity index (χ1n) is 7.81. The molecule has 0 atom stereocenters. The number of ketones is 1. The summed E-state index contributed by atoms with van der Waals surface area (Å²) in [6.07, 6.45) is -4.35. The van der Waals surface area contributed by atoms with Gasteiger partial charge in [-0.1, -0.05) is 17.3 Å². The van der Waals surface area contributed by atoms with Crippen molar-refractivity contribution >= 4 is 11.5 Å². The van der Waals surface area contributed by atoms with Crippen molar-refractivity contribution in [1.29, 1.82) is 0 Å². The summed E-state index contributed by atoms with van der Waals surface area (Å²) in [7, 11) is 0. The molecule has 0 bridgehead atoms. The van der Waals surface area contributed by atoms with Crippen LogP contribution in [0.4, 0.5) is 13.2 Å². The molecule has 0 unspecified atom stereocenters. The van der Waals surface area contributed by atoms with Gasteiger partial charge in [-0.15, -0.1) is 0 Å². The Bertz CT molecular complexity index is 766. The van der Waals surface area contributed by atoms with Gasteiger partial charge in [-0.2, -0.15) is 13.2 Å². The zero-order chi connectivity index (χ0) is 19.2. The Kier molecular flexibility index (Phi) is 6.38. The zero-order valence-corrected chi connectivity index (χ0v) is 14.3. The number of hydrogen-bond donors (Lipinski definition) is 0. The molecule has 4 nitrogen and oxygen atoms in total. The molecule has 26 heavy (non-hydrogen) atoms. The second-order valence-electron chi connectivity index (χ2n) is 5.66. The maximum absolute atomic E-state index is 12.5. The average molecular weight is 365 g/mol. The maximum atomic E-state index is 12.5. The molecule has 0 saturated heterocycles. The molecule has 2 aromatic rings. The molecule has 0 spiro atoms. The number of hydrogen-bond acceptors (Lipinski definition) is 4. The first-order chi connectivity index (χ1) is 12.3. The van der Waals surface area contributed by atoms with Gasteiger partial charge in [-0.05, 0) is 61.4 Å². The summed E-state index contributed by atoms with van der Waals surface area (Å²) in [5.41, 5.74) is 1.29. The van der Waals surface area contributed by atoms with Gasteiger partial charge >= 0.3 is 6.18 Å². The van der Waals surface area contributed by atoms with E-state index in [-0.39, 0.29) is 19.0 Å². The minimum Gasteiger partial charge on any atom is -0.486 e. The lowest BCUT2D eigenvalue weighted by atomic mass is 10.1. The van der Waals surface area contributed by atoms with Gasteiger partial charge < -0.3 is 9.57 Å². The maximum Gasteiger partial charge on any atom is 0.416 e. The molecule has 0 aliphatic rings. The van der Waals surface area contributed by atoms with Crippen molar-refractivity contribution in [3.8, 4) is 5.75 Å². The van der Waals surface area contributed by atoms with E-state index in [4.69, 9.17) is 9.57 Å². The number of alkyl halides is 3. The lowest BCUT2D eigenvalue weighted by Crippen LogP contribution is -2.06. The van der Waals surface area contributed by atoms with Crippen LogP contribution in [0, 0.1) is 0 Å². The highest BCUT2D eigenvalue weighted by molar-refractivity contribution is 5.98. The number of ether oxygens (including phenoxy) is 1. The van der Waals surface area contributed by atoms with Crippen molar-refractivity contribution in [3.05, 3.63) is 65.2 Å². The highest BCUT2D eigenvalue weighted by Crippen LogP contribution is 2.29. The molecule has 0 aromatic heterocycles. The van der Waals surface area contributed by atoms with Crippen molar-refractivity contribution in [3.63, 3.8) is 0 Å². The van der Waals surface area contributed by atoms with Gasteiger partial charge in [0.25, 0.3) is 0 Å². The Morgan fingerprint density at radius 2 is 1.62 bits per heavy atom. The molecule has 7 heteroatoms. The predicted octanol–water partition coefficient (Wildman–Crippen LogP) is 4.61. The molecule has 2 rings (SSSR count). The first kappa shape index (κ1) is 19.5. The lowest BCUT2D eigenvalue weighted by Gasteiger charge is -2.08. The van der Waals surface area contributed by atoms with E-state index >= 15 is 0 Å². The van der Waals surface area contributed by atoms with Crippen molar-refractivity contribution in [2.24, 2.45) is 5.16 Å². The number of oxime groups is 1. The smallest absolute Gasteiger partial charge is 0.416 e. The van der Waals surface area contributed by atoms with Gasteiger partial charge in [-0.3, -0.25) is 4.79 Å². The second-order valence-corrected chi connectivity index (χ2v) is 5.66. The quantitative estimate of drug-likeness (QED) is 0.532. The average Bonchev–Trinajstić information content (AvgIpc) is 2.60. The summed E-state index contributed by atoms with van der Waals surface area (Å²) in [6.45, 7) is 3.27. The molecule has 2 aromatic carbocycles. The molecule has 0 aliphatic carbocycles. The number of carbonyl (C=O) groups is 1. The second kappa shape index (κ2) is 8.51. The van der Waals surface area contributed by atoms with Crippen LogP contribution in [0.5, 0.6) is 5.75 Å². The highest BCUT2D eigenvalue weighted by Gasteiger charge is 2.29. The topological polar surface area (TPSA) is 47.9 Å². The van der Waals surface area contributed by atoms with E-state index in [1.807, 2.05) is 0 Å². The third kappa shape index (κ3) is 5.91. The van der Waals surface area contributed by atoms with Gasteiger partial charge in [0.05, 0.1) is 11.3 Å². The molecule has 0 saturated carbocycles. The summed E-state index contributed by atoms with van der Waals surface area (Å²) >= 11 is 0. The van der Waals surface area contributed by atoms with Crippen LogP contribution in [0.3, 0.4) is 0 Å². The largest absolute Gasteiger partial charge is 0.486 e. The summed E-state index contributed by atoms with van der Waals surface area (Å²) in [5.74, 6) is 0.505. The number of nitrogens with zero attached hydrogens (tertiary/aromatic N) is 1. The van der Waals surface area contributed by atoms with Crippen molar-refractivity contribution in [2.75, 3.05) is 6.61 Å². The molecule has 138 valence electrons. The summed E-state index contributed by atoms with van der Waals surface area (Å²) in [4.78, 5) is 16.1. The third-order valence-corrected chi connectivity index (χ3v) is 3.43. The number of benzene rings is 2. The number of rotatable bonds is 7. The SMILES string of the molecule is CC(=O)COc1ccc(/C(C)=N/OCc2ccc(C(F)(F)F)cc2)cc1. The van der Waals surface area contributed by atoms with E-state index < -0.39 is 11.7 Å². The number of Topliss-reactive ketones (excluding diaryl/α,β-unsaturated/α-hetero) is 1. The first-order valence-corrected chi connectivity index (χ1v) is 7.81. The molecule has 0 radical (unpaired) electrons. The van der Waals surface area contributed by atoms with Crippen LogP contribution in [0.1, 0.15) is 30.5 Å². The molecule has 0 heterocycles. The molecular weight excluding hydrogens is 347 g/mol. The van der Waals surface area contributed by atoms with E-state index in [9.17, 15) is 18.0 Å². The van der Waals surface area contributed by atoms with Crippen LogP contribution >= 0.6 is 0 Å². The predicted molar refractivity (Wildman–Crippen MR) is 91.1 cm³/mol. The highest BCUT2D eigenvalue weighted by atomic mass is 19.4. The van der Waals surface area contributed by atoms with Gasteiger partial charge in [0.15, 0.2) is 5.78 Å². The minimum atomic E-state index is -4.35. The van der Waals surface area contributed by atoms with Gasteiger partial charge in [0.1, 0.15) is 19.0 Å². The van der Waals surface area contributed by atoms with E-state index in [0.717, 1.165) is 17.7 Å². The van der Waals surface area contributed by atoms with Gasteiger partial charge in [0, 0.05) is 0 Å². The van der Waals surface area contributed by atoms with Crippen LogP contribution in [0.15, 0.2) is 53.7 Å². The van der Waals surface area contributed by atoms with E-state index in [1.165, 1.54) is 19.1 Å². The van der Waals surface area contributed by atoms with E-state index in [1.54, 1.807) is 31.2 Å². The van der Waals surface area contributed by atoms with Crippen LogP contribution in [-0.2, 0) is 22.4 Å². The summed E-state index contributed by atoms with van der Waals surface area (Å²) in [5, 5.41) is 3.96. The fourth-order valence-corrected chi connectivity index (χ4v) is 2.02. The number of carbonyl (C=O) groups excluding carboxylic acids is 1. The normalized spacial score (nSPS) is 12.0. The molecule has 0 fully saturated rings. The Labute approximate surface area is 149 Å². The van der Waals surface area contributed by atoms with E-state index in [0.29, 0.717) is 17.0 Å². The number of halogens is 3. The minimum absolute atomic E-state index is 0.0165. The van der Waals surface area contributed by atoms with Crippen molar-refractivity contribution in [2.45, 2.75) is 26.6 Å². The third-order valence-electron chi connectivity index (χ3n) is 3.43. The Morgan fingerprint density at radius 1 is 1.00 bits per heavy atom. The van der Waals surface area contributed by atoms with E-state index in [2.05, 4.69) is 5.16 Å². The van der Waals surface area contributed by atoms with Crippen LogP contribution in [-0.4, -0.2) is 18.1 Å². The Balaban J connectivity index is 1.90. The van der Waals surface area contributed by atoms with Crippen LogP contribution < -0.4 is 4.74 Å². The van der Waals surface area contributed by atoms with Crippen LogP contribution in [0.25, 0.3) is 0 Å². The standard InChI is InChI=1S/C19H18F3NO3/c1-13(24)11-25-18-9-5-16(6-10-18)14(2)23-26-12-15-3-7-17(8-4-15)19(20,21)22/h3-10H,11-12H2,1-2H3/b23-14+. The zero-order valence-electron chi connectivity index (χ0n) is 14.3. The fraction of sp³-hybridized carbons (Fsp3) is 0.263. The Morgan fingerprint density at radius 3 is 2.15 bits per heavy atom. The molecule has 0 aliphatic heterocycles. The summed E-state index contributed by atoms with van der Waals surface area (Å²) in [6, 6.07) is 11.7. The Hall–Kier alpha value is -2.83. The lowest BCUT2D eigenvalue weighted by molar-refractivity contribution is -0.137. The fourth-order valence-electron chi connectivity index (χ4n) is 2.02. The molecular formula is C19H18F3NO3. The molecule has 0 N–H and O–H groups in total. The monoisotopic (exact) mass is 365 g/mol.